The summed E-state index contributed by atoms with van der Waals surface area (Å²) >= 11 is 0. The zero-order valence-electron chi connectivity index (χ0n) is 18.9. The van der Waals surface area contributed by atoms with E-state index in [1.807, 2.05) is 0 Å². The van der Waals surface area contributed by atoms with Gasteiger partial charge in [-0.15, -0.1) is 0 Å². The van der Waals surface area contributed by atoms with Gasteiger partial charge in [-0.2, -0.15) is 0 Å². The summed E-state index contributed by atoms with van der Waals surface area (Å²) in [5.74, 6) is 0.809. The fourth-order valence-corrected chi connectivity index (χ4v) is 5.35. The highest BCUT2D eigenvalue weighted by Crippen LogP contribution is 2.39. The molecule has 0 bridgehead atoms. The zero-order chi connectivity index (χ0) is 21.2. The molecule has 166 valence electrons. The fraction of sp³-hybridized carbons (Fsp3) is 0.643. The molecule has 2 aliphatic rings. The SMILES string of the molecule is CCCCCCCCCC[C@H]1CC[C@H](C2C=CC(c3ccc(F)c(F)c3)=CC2)CC1. The Hall–Kier alpha value is -1.44. The molecule has 2 aliphatic carbocycles. The van der Waals surface area contributed by atoms with Crippen molar-refractivity contribution in [3.05, 3.63) is 53.6 Å². The molecule has 0 N–H and O–H groups in total. The van der Waals surface area contributed by atoms with E-state index in [1.54, 1.807) is 6.07 Å². The zero-order valence-corrected chi connectivity index (χ0v) is 18.9. The number of unbranched alkanes of at least 4 members (excludes halogenated alkanes) is 7. The van der Waals surface area contributed by atoms with Crippen molar-refractivity contribution in [2.75, 3.05) is 0 Å². The fourth-order valence-electron chi connectivity index (χ4n) is 5.35. The van der Waals surface area contributed by atoms with Gasteiger partial charge < -0.3 is 0 Å². The first kappa shape index (κ1) is 23.2. The minimum absolute atomic E-state index is 0.614. The van der Waals surface area contributed by atoms with Crippen molar-refractivity contribution in [1.82, 2.24) is 0 Å². The lowest BCUT2D eigenvalue weighted by atomic mass is 9.72. The van der Waals surface area contributed by atoms with Gasteiger partial charge in [-0.25, -0.2) is 8.78 Å². The molecule has 1 atom stereocenters. The molecule has 0 saturated heterocycles. The van der Waals surface area contributed by atoms with E-state index in [4.69, 9.17) is 0 Å². The van der Waals surface area contributed by atoms with Crippen LogP contribution in [0.5, 0.6) is 0 Å². The van der Waals surface area contributed by atoms with Crippen LogP contribution < -0.4 is 0 Å². The van der Waals surface area contributed by atoms with E-state index in [1.165, 1.54) is 95.6 Å². The Kier molecular flexibility index (Phi) is 9.62. The number of hydrogen-bond acceptors (Lipinski definition) is 0. The van der Waals surface area contributed by atoms with E-state index >= 15 is 0 Å². The number of allylic oxidation sites excluding steroid dienone is 4. The molecule has 2 heteroatoms. The van der Waals surface area contributed by atoms with Crippen molar-refractivity contribution >= 4 is 5.57 Å². The van der Waals surface area contributed by atoms with Crippen LogP contribution in [0.1, 0.15) is 102 Å². The molecule has 0 aliphatic heterocycles. The minimum Gasteiger partial charge on any atom is -0.204 e. The van der Waals surface area contributed by atoms with Crippen LogP contribution in [0.2, 0.25) is 0 Å². The molecule has 1 saturated carbocycles. The highest BCUT2D eigenvalue weighted by atomic mass is 19.2. The summed E-state index contributed by atoms with van der Waals surface area (Å²) in [6, 6.07) is 4.20. The Morgan fingerprint density at radius 1 is 0.833 bits per heavy atom. The molecule has 30 heavy (non-hydrogen) atoms. The van der Waals surface area contributed by atoms with Crippen molar-refractivity contribution in [2.45, 2.75) is 96.8 Å². The topological polar surface area (TPSA) is 0 Å². The van der Waals surface area contributed by atoms with Gasteiger partial charge in [0.15, 0.2) is 11.6 Å². The van der Waals surface area contributed by atoms with E-state index < -0.39 is 11.6 Å². The average molecular weight is 415 g/mol. The molecule has 1 fully saturated rings. The van der Waals surface area contributed by atoms with E-state index in [0.29, 0.717) is 5.92 Å². The summed E-state index contributed by atoms with van der Waals surface area (Å²) in [5, 5.41) is 0. The lowest BCUT2D eigenvalue weighted by Crippen LogP contribution is -2.21. The quantitative estimate of drug-likeness (QED) is 0.316. The van der Waals surface area contributed by atoms with Crippen LogP contribution in [0.15, 0.2) is 36.4 Å². The molecule has 1 aromatic rings. The summed E-state index contributed by atoms with van der Waals surface area (Å²) < 4.78 is 26.7. The third-order valence-corrected chi connectivity index (χ3v) is 7.35. The molecule has 3 rings (SSSR count). The molecule has 0 amide bonds. The molecule has 0 heterocycles. The third kappa shape index (κ3) is 7.06. The summed E-state index contributed by atoms with van der Waals surface area (Å²) in [5.41, 5.74) is 1.80. The highest BCUT2D eigenvalue weighted by molar-refractivity contribution is 5.74. The largest absolute Gasteiger partial charge is 0.204 e. The highest BCUT2D eigenvalue weighted by Gasteiger charge is 2.26. The van der Waals surface area contributed by atoms with Gasteiger partial charge in [0, 0.05) is 0 Å². The van der Waals surface area contributed by atoms with Gasteiger partial charge in [0.1, 0.15) is 0 Å². The third-order valence-electron chi connectivity index (χ3n) is 7.35. The second-order valence-corrected chi connectivity index (χ2v) is 9.59. The van der Waals surface area contributed by atoms with Crippen LogP contribution in [-0.2, 0) is 0 Å². The van der Waals surface area contributed by atoms with E-state index in [9.17, 15) is 8.78 Å². The molecule has 0 aromatic heterocycles. The lowest BCUT2D eigenvalue weighted by molar-refractivity contribution is 0.218. The number of hydrogen-bond donors (Lipinski definition) is 0. The van der Waals surface area contributed by atoms with E-state index in [2.05, 4.69) is 25.2 Å². The van der Waals surface area contributed by atoms with Crippen LogP contribution in [0.4, 0.5) is 8.78 Å². The van der Waals surface area contributed by atoms with Crippen molar-refractivity contribution in [1.29, 1.82) is 0 Å². The summed E-state index contributed by atoms with van der Waals surface area (Å²) in [6.45, 7) is 2.28. The Labute approximate surface area is 182 Å². The van der Waals surface area contributed by atoms with Gasteiger partial charge >= 0.3 is 0 Å². The maximum absolute atomic E-state index is 13.5. The maximum atomic E-state index is 13.5. The van der Waals surface area contributed by atoms with E-state index in [0.717, 1.165) is 29.4 Å². The normalized spacial score (nSPS) is 24.1. The maximum Gasteiger partial charge on any atom is 0.159 e. The first-order valence-electron chi connectivity index (χ1n) is 12.5. The van der Waals surface area contributed by atoms with Crippen molar-refractivity contribution < 1.29 is 8.78 Å². The Balaban J connectivity index is 1.32. The van der Waals surface area contributed by atoms with Crippen LogP contribution in [0.25, 0.3) is 5.57 Å². The van der Waals surface area contributed by atoms with Crippen LogP contribution in [0.3, 0.4) is 0 Å². The number of rotatable bonds is 11. The molecule has 1 aromatic carbocycles. The van der Waals surface area contributed by atoms with Crippen LogP contribution in [0, 0.1) is 29.4 Å². The van der Waals surface area contributed by atoms with Gasteiger partial charge in [0.25, 0.3) is 0 Å². The summed E-state index contributed by atoms with van der Waals surface area (Å²) in [6.07, 6.45) is 25.9. The molecular weight excluding hydrogens is 374 g/mol. The predicted octanol–water partition coefficient (Wildman–Crippen LogP) is 9.26. The van der Waals surface area contributed by atoms with Gasteiger partial charge in [-0.05, 0) is 60.3 Å². The molecule has 1 unspecified atom stereocenters. The van der Waals surface area contributed by atoms with Gasteiger partial charge in [0.05, 0.1) is 0 Å². The molecule has 0 spiro atoms. The molecule has 0 radical (unpaired) electrons. The second kappa shape index (κ2) is 12.4. The van der Waals surface area contributed by atoms with Gasteiger partial charge in [0.2, 0.25) is 0 Å². The smallest absolute Gasteiger partial charge is 0.159 e. The summed E-state index contributed by atoms with van der Waals surface area (Å²) in [7, 11) is 0. The first-order valence-corrected chi connectivity index (χ1v) is 12.5. The Morgan fingerprint density at radius 2 is 1.53 bits per heavy atom. The van der Waals surface area contributed by atoms with Crippen molar-refractivity contribution in [2.24, 2.45) is 17.8 Å². The predicted molar refractivity (Wildman–Crippen MR) is 124 cm³/mol. The monoisotopic (exact) mass is 414 g/mol. The van der Waals surface area contributed by atoms with Gasteiger partial charge in [-0.1, -0.05) is 102 Å². The lowest BCUT2D eigenvalue weighted by Gasteiger charge is -2.33. The Bertz CT molecular complexity index is 695. The average Bonchev–Trinajstić information content (AvgIpc) is 2.78. The van der Waals surface area contributed by atoms with Gasteiger partial charge in [-0.3, -0.25) is 0 Å². The standard InChI is InChI=1S/C28H40F2/c1-2-3-4-5-6-7-8-9-10-22-11-13-23(14-12-22)24-15-17-25(18-16-24)26-19-20-27(29)28(30)21-26/h15,17-24H,2-14,16H2,1H3/t22-,23-,24?. The minimum atomic E-state index is -0.777. The van der Waals surface area contributed by atoms with E-state index in [-0.39, 0.29) is 0 Å². The van der Waals surface area contributed by atoms with Crippen molar-refractivity contribution in [3.63, 3.8) is 0 Å². The summed E-state index contributed by atoms with van der Waals surface area (Å²) in [4.78, 5) is 0. The first-order chi connectivity index (χ1) is 14.7. The van der Waals surface area contributed by atoms with Crippen LogP contribution >= 0.6 is 0 Å². The van der Waals surface area contributed by atoms with Crippen molar-refractivity contribution in [3.8, 4) is 0 Å². The van der Waals surface area contributed by atoms with Crippen LogP contribution in [-0.4, -0.2) is 0 Å². The molecule has 0 nitrogen and oxygen atoms in total. The second-order valence-electron chi connectivity index (χ2n) is 9.59. The molecular formula is C28H40F2. The Morgan fingerprint density at radius 3 is 2.17 bits per heavy atom. The number of benzene rings is 1. The number of halogens is 2.